The van der Waals surface area contributed by atoms with E-state index in [0.29, 0.717) is 25.5 Å². The summed E-state index contributed by atoms with van der Waals surface area (Å²) in [7, 11) is 0. The van der Waals surface area contributed by atoms with E-state index < -0.39 is 5.54 Å². The molecule has 120 valence electrons. The maximum Gasteiger partial charge on any atom is 0.323 e. The van der Waals surface area contributed by atoms with Crippen LogP contribution in [0.1, 0.15) is 33.6 Å². The summed E-state index contributed by atoms with van der Waals surface area (Å²) in [5.41, 5.74) is -0.868. The Balaban J connectivity index is 3.00. The predicted molar refractivity (Wildman–Crippen MR) is 80.6 cm³/mol. The van der Waals surface area contributed by atoms with Gasteiger partial charge >= 0.3 is 6.01 Å². The molecular formula is C13H25N5O3. The van der Waals surface area contributed by atoms with E-state index in [1.165, 1.54) is 0 Å². The van der Waals surface area contributed by atoms with Gasteiger partial charge in [0.2, 0.25) is 11.9 Å². The molecule has 1 aromatic rings. The fourth-order valence-electron chi connectivity index (χ4n) is 1.59. The van der Waals surface area contributed by atoms with Crippen LogP contribution in [0, 0.1) is 0 Å². The van der Waals surface area contributed by atoms with Gasteiger partial charge in [-0.1, -0.05) is 13.8 Å². The lowest BCUT2D eigenvalue weighted by molar-refractivity contribution is 0.132. The Morgan fingerprint density at radius 3 is 2.24 bits per heavy atom. The molecule has 0 amide bonds. The minimum absolute atomic E-state index is 0.214. The predicted octanol–water partition coefficient (Wildman–Crippen LogP) is 0.637. The summed E-state index contributed by atoms with van der Waals surface area (Å²) in [6, 6.07) is 0.214. The van der Waals surface area contributed by atoms with E-state index in [1.54, 1.807) is 0 Å². The number of hydrogen-bond acceptors (Lipinski definition) is 8. The van der Waals surface area contributed by atoms with Crippen molar-refractivity contribution in [1.29, 1.82) is 0 Å². The van der Waals surface area contributed by atoms with E-state index in [1.807, 2.05) is 20.8 Å². The number of ether oxygens (including phenoxy) is 1. The van der Waals surface area contributed by atoms with E-state index in [9.17, 15) is 10.2 Å². The zero-order chi connectivity index (χ0) is 15.7. The molecule has 1 rings (SSSR count). The van der Waals surface area contributed by atoms with Crippen molar-refractivity contribution in [2.24, 2.45) is 0 Å². The van der Waals surface area contributed by atoms with E-state index >= 15 is 0 Å². The Hall–Kier alpha value is -1.67. The van der Waals surface area contributed by atoms with E-state index in [4.69, 9.17) is 4.74 Å². The largest absolute Gasteiger partial charge is 0.463 e. The number of hydrogen-bond donors (Lipinski definition) is 4. The quantitative estimate of drug-likeness (QED) is 0.498. The van der Waals surface area contributed by atoms with Gasteiger partial charge in [0.25, 0.3) is 0 Å². The number of aromatic nitrogens is 3. The molecule has 0 atom stereocenters. The first-order valence-electron chi connectivity index (χ1n) is 7.25. The molecule has 0 spiro atoms. The van der Waals surface area contributed by atoms with Crippen LogP contribution in [0.4, 0.5) is 11.9 Å². The number of nitrogens with zero attached hydrogens (tertiary/aromatic N) is 3. The first-order valence-corrected chi connectivity index (χ1v) is 7.25. The second kappa shape index (κ2) is 8.58. The lowest BCUT2D eigenvalue weighted by Crippen LogP contribution is -2.45. The summed E-state index contributed by atoms with van der Waals surface area (Å²) < 4.78 is 5.43. The zero-order valence-electron chi connectivity index (χ0n) is 12.9. The Labute approximate surface area is 125 Å². The third-order valence-corrected chi connectivity index (χ3v) is 3.04. The molecule has 0 aliphatic rings. The highest BCUT2D eigenvalue weighted by Gasteiger charge is 2.28. The van der Waals surface area contributed by atoms with Gasteiger partial charge in [0.1, 0.15) is 0 Å². The van der Waals surface area contributed by atoms with Gasteiger partial charge in [-0.2, -0.15) is 15.0 Å². The highest BCUT2D eigenvalue weighted by molar-refractivity contribution is 5.38. The summed E-state index contributed by atoms with van der Waals surface area (Å²) >= 11 is 0. The minimum atomic E-state index is -0.868. The van der Waals surface area contributed by atoms with E-state index in [-0.39, 0.29) is 25.2 Å². The maximum atomic E-state index is 9.48. The summed E-state index contributed by atoms with van der Waals surface area (Å²) in [6.45, 7) is 6.50. The Morgan fingerprint density at radius 1 is 1.05 bits per heavy atom. The van der Waals surface area contributed by atoms with Gasteiger partial charge in [-0.3, -0.25) is 0 Å². The number of anilines is 2. The second-order valence-corrected chi connectivity index (χ2v) is 4.72. The van der Waals surface area contributed by atoms with Gasteiger partial charge in [0.05, 0.1) is 25.4 Å². The molecule has 21 heavy (non-hydrogen) atoms. The number of aliphatic hydroxyl groups is 2. The van der Waals surface area contributed by atoms with Crippen LogP contribution in [-0.4, -0.2) is 57.1 Å². The fraction of sp³-hybridized carbons (Fsp3) is 0.769. The fourth-order valence-corrected chi connectivity index (χ4v) is 1.59. The Morgan fingerprint density at radius 2 is 1.71 bits per heavy atom. The van der Waals surface area contributed by atoms with Crippen molar-refractivity contribution in [3.05, 3.63) is 0 Å². The molecule has 0 fully saturated rings. The highest BCUT2D eigenvalue weighted by atomic mass is 16.5. The Bertz CT molecular complexity index is 418. The molecule has 0 saturated carbocycles. The standard InChI is InChI=1S/C13H25N5O3/c1-4-7-21-12-16-10(14-6-3)15-11(17-12)18-13(5-2,8-19)9-20/h19-20H,4-9H2,1-3H3,(H2,14,15,16,17,18). The normalized spacial score (nSPS) is 11.3. The van der Waals surface area contributed by atoms with Crippen LogP contribution in [0.5, 0.6) is 6.01 Å². The molecule has 4 N–H and O–H groups in total. The van der Waals surface area contributed by atoms with Crippen LogP contribution in [0.15, 0.2) is 0 Å². The molecule has 0 saturated heterocycles. The van der Waals surface area contributed by atoms with Crippen LogP contribution in [0.25, 0.3) is 0 Å². The monoisotopic (exact) mass is 299 g/mol. The molecule has 0 aliphatic carbocycles. The molecular weight excluding hydrogens is 274 g/mol. The summed E-state index contributed by atoms with van der Waals surface area (Å²) in [5, 5.41) is 24.9. The van der Waals surface area contributed by atoms with Crippen molar-refractivity contribution in [2.75, 3.05) is 37.0 Å². The summed E-state index contributed by atoms with van der Waals surface area (Å²) in [6.07, 6.45) is 1.37. The van der Waals surface area contributed by atoms with Crippen LogP contribution in [0.2, 0.25) is 0 Å². The molecule has 8 nitrogen and oxygen atoms in total. The molecule has 1 aromatic heterocycles. The van der Waals surface area contributed by atoms with Gasteiger partial charge < -0.3 is 25.6 Å². The highest BCUT2D eigenvalue weighted by Crippen LogP contribution is 2.18. The van der Waals surface area contributed by atoms with Gasteiger partial charge in [-0.25, -0.2) is 0 Å². The zero-order valence-corrected chi connectivity index (χ0v) is 12.9. The van der Waals surface area contributed by atoms with Crippen LogP contribution in [-0.2, 0) is 0 Å². The topological polar surface area (TPSA) is 112 Å². The molecule has 0 bridgehead atoms. The van der Waals surface area contributed by atoms with Crippen molar-refractivity contribution in [3.8, 4) is 6.01 Å². The van der Waals surface area contributed by atoms with E-state index in [2.05, 4.69) is 25.6 Å². The van der Waals surface area contributed by atoms with Crippen molar-refractivity contribution >= 4 is 11.9 Å². The maximum absolute atomic E-state index is 9.48. The first-order chi connectivity index (χ1) is 10.1. The van der Waals surface area contributed by atoms with Crippen molar-refractivity contribution < 1.29 is 14.9 Å². The molecule has 0 aliphatic heterocycles. The summed E-state index contributed by atoms with van der Waals surface area (Å²) in [5.74, 6) is 0.652. The van der Waals surface area contributed by atoms with Gasteiger partial charge in [0.15, 0.2) is 0 Å². The SMILES string of the molecule is CCCOc1nc(NCC)nc(NC(CC)(CO)CO)n1. The van der Waals surface area contributed by atoms with Gasteiger partial charge in [0, 0.05) is 6.54 Å². The average molecular weight is 299 g/mol. The summed E-state index contributed by atoms with van der Waals surface area (Å²) in [4.78, 5) is 12.5. The van der Waals surface area contributed by atoms with E-state index in [0.717, 1.165) is 6.42 Å². The number of rotatable bonds is 10. The lowest BCUT2D eigenvalue weighted by Gasteiger charge is -2.29. The third kappa shape index (κ3) is 4.98. The van der Waals surface area contributed by atoms with Crippen molar-refractivity contribution in [1.82, 2.24) is 15.0 Å². The van der Waals surface area contributed by atoms with Crippen molar-refractivity contribution in [2.45, 2.75) is 39.2 Å². The molecule has 1 heterocycles. The van der Waals surface area contributed by atoms with Gasteiger partial charge in [-0.05, 0) is 19.8 Å². The smallest absolute Gasteiger partial charge is 0.323 e. The number of aliphatic hydroxyl groups excluding tert-OH is 2. The molecule has 0 unspecified atom stereocenters. The van der Waals surface area contributed by atoms with Gasteiger partial charge in [-0.15, -0.1) is 0 Å². The minimum Gasteiger partial charge on any atom is -0.463 e. The van der Waals surface area contributed by atoms with Crippen LogP contribution < -0.4 is 15.4 Å². The van der Waals surface area contributed by atoms with Crippen LogP contribution >= 0.6 is 0 Å². The molecule has 0 radical (unpaired) electrons. The number of nitrogens with one attached hydrogen (secondary N) is 2. The second-order valence-electron chi connectivity index (χ2n) is 4.72. The lowest BCUT2D eigenvalue weighted by atomic mass is 9.99. The molecule has 8 heteroatoms. The average Bonchev–Trinajstić information content (AvgIpc) is 2.51. The van der Waals surface area contributed by atoms with Crippen LogP contribution in [0.3, 0.4) is 0 Å². The van der Waals surface area contributed by atoms with Crippen molar-refractivity contribution in [3.63, 3.8) is 0 Å². The first kappa shape index (κ1) is 17.4. The third-order valence-electron chi connectivity index (χ3n) is 3.04. The Kier molecular flexibility index (Phi) is 7.10. The molecule has 0 aromatic carbocycles.